The van der Waals surface area contributed by atoms with Crippen molar-refractivity contribution < 1.29 is 19.1 Å². The van der Waals surface area contributed by atoms with Crippen LogP contribution in [0.15, 0.2) is 47.4 Å². The molecule has 152 valence electrons. The summed E-state index contributed by atoms with van der Waals surface area (Å²) in [6, 6.07) is 12.3. The summed E-state index contributed by atoms with van der Waals surface area (Å²) in [5.74, 6) is -0.452. The number of para-hydroxylation sites is 1. The van der Waals surface area contributed by atoms with Gasteiger partial charge < -0.3 is 20.3 Å². The molecule has 0 saturated carbocycles. The quantitative estimate of drug-likeness (QED) is 0.730. The van der Waals surface area contributed by atoms with Crippen LogP contribution in [0, 0.1) is 0 Å². The molecule has 2 aromatic rings. The lowest BCUT2D eigenvalue weighted by atomic mass is 10.2. The van der Waals surface area contributed by atoms with Crippen molar-refractivity contribution in [3.8, 4) is 5.75 Å². The van der Waals surface area contributed by atoms with E-state index in [1.54, 1.807) is 18.2 Å². The van der Waals surface area contributed by atoms with E-state index in [4.69, 9.17) is 16.3 Å². The highest BCUT2D eigenvalue weighted by Crippen LogP contribution is 2.36. The molecule has 7 nitrogen and oxygen atoms in total. The molecular weight excluding hydrogens is 414 g/mol. The SMILES string of the molecule is COc1ccc(Cl)cc1NC(=O)CN(C)C(=O)C[C@H]1Sc2ccccc2NC1=O. The molecule has 0 spiro atoms. The van der Waals surface area contributed by atoms with Crippen LogP contribution >= 0.6 is 23.4 Å². The van der Waals surface area contributed by atoms with E-state index in [1.807, 2.05) is 24.3 Å². The molecule has 0 bridgehead atoms. The lowest BCUT2D eigenvalue weighted by molar-refractivity contribution is -0.134. The highest BCUT2D eigenvalue weighted by Gasteiger charge is 2.30. The summed E-state index contributed by atoms with van der Waals surface area (Å²) >= 11 is 7.31. The minimum atomic E-state index is -0.545. The Kier molecular flexibility index (Phi) is 6.66. The number of anilines is 2. The van der Waals surface area contributed by atoms with E-state index in [2.05, 4.69) is 10.6 Å². The highest BCUT2D eigenvalue weighted by molar-refractivity contribution is 8.01. The second-order valence-corrected chi connectivity index (χ2v) is 8.12. The summed E-state index contributed by atoms with van der Waals surface area (Å²) in [6.07, 6.45) is -0.00486. The van der Waals surface area contributed by atoms with Crippen LogP contribution in [0.5, 0.6) is 5.75 Å². The van der Waals surface area contributed by atoms with Gasteiger partial charge in [-0.05, 0) is 30.3 Å². The van der Waals surface area contributed by atoms with Gasteiger partial charge in [0.15, 0.2) is 0 Å². The van der Waals surface area contributed by atoms with Gasteiger partial charge in [0.25, 0.3) is 0 Å². The molecule has 29 heavy (non-hydrogen) atoms. The van der Waals surface area contributed by atoms with Gasteiger partial charge in [0.05, 0.1) is 30.3 Å². The van der Waals surface area contributed by atoms with Gasteiger partial charge in [-0.15, -0.1) is 11.8 Å². The van der Waals surface area contributed by atoms with Crippen molar-refractivity contribution in [2.24, 2.45) is 0 Å². The zero-order valence-electron chi connectivity index (χ0n) is 15.9. The first-order valence-corrected chi connectivity index (χ1v) is 10.1. The smallest absolute Gasteiger partial charge is 0.244 e. The van der Waals surface area contributed by atoms with Crippen LogP contribution in [0.2, 0.25) is 5.02 Å². The van der Waals surface area contributed by atoms with E-state index in [1.165, 1.54) is 30.8 Å². The van der Waals surface area contributed by atoms with Crippen molar-refractivity contribution in [3.63, 3.8) is 0 Å². The maximum absolute atomic E-state index is 12.5. The lowest BCUT2D eigenvalue weighted by Crippen LogP contribution is -2.39. The molecule has 2 aromatic carbocycles. The minimum Gasteiger partial charge on any atom is -0.495 e. The standard InChI is InChI=1S/C20H20ClN3O4S/c1-24(11-18(25)22-14-9-12(21)7-8-15(14)28-2)19(26)10-17-20(27)23-13-5-3-4-6-16(13)29-17/h3-9,17H,10-11H2,1-2H3,(H,22,25)(H,23,27)/t17-/m1/s1. The molecule has 0 fully saturated rings. The van der Waals surface area contributed by atoms with Crippen molar-refractivity contribution in [2.45, 2.75) is 16.6 Å². The number of halogens is 1. The first-order valence-electron chi connectivity index (χ1n) is 8.81. The van der Waals surface area contributed by atoms with Crippen LogP contribution in [-0.4, -0.2) is 48.6 Å². The van der Waals surface area contributed by atoms with E-state index >= 15 is 0 Å². The number of amides is 3. The van der Waals surface area contributed by atoms with E-state index in [0.717, 1.165) is 10.6 Å². The van der Waals surface area contributed by atoms with Gasteiger partial charge in [0.1, 0.15) is 5.75 Å². The number of carbonyl (C=O) groups excluding carboxylic acids is 3. The Morgan fingerprint density at radius 1 is 1.28 bits per heavy atom. The van der Waals surface area contributed by atoms with Crippen LogP contribution < -0.4 is 15.4 Å². The molecule has 1 aliphatic rings. The number of likely N-dealkylation sites (N-methyl/N-ethyl adjacent to an activating group) is 1. The average Bonchev–Trinajstić information content (AvgIpc) is 2.68. The minimum absolute atomic E-state index is 0.00486. The largest absolute Gasteiger partial charge is 0.495 e. The molecule has 1 heterocycles. The number of carbonyl (C=O) groups is 3. The molecular formula is C20H20ClN3O4S. The fraction of sp³-hybridized carbons (Fsp3) is 0.250. The number of hydrogen-bond donors (Lipinski definition) is 2. The van der Waals surface area contributed by atoms with Crippen molar-refractivity contribution in [1.29, 1.82) is 0 Å². The third-order valence-electron chi connectivity index (χ3n) is 4.31. The van der Waals surface area contributed by atoms with Gasteiger partial charge in [0.2, 0.25) is 17.7 Å². The molecule has 1 atom stereocenters. The normalized spacial score (nSPS) is 15.1. The number of hydrogen-bond acceptors (Lipinski definition) is 5. The second kappa shape index (κ2) is 9.19. The molecule has 3 rings (SSSR count). The van der Waals surface area contributed by atoms with Crippen molar-refractivity contribution in [2.75, 3.05) is 31.3 Å². The molecule has 0 unspecified atom stereocenters. The first kappa shape index (κ1) is 21.0. The maximum Gasteiger partial charge on any atom is 0.244 e. The first-order chi connectivity index (χ1) is 13.9. The number of fused-ring (bicyclic) bond motifs is 1. The number of methoxy groups -OCH3 is 1. The summed E-state index contributed by atoms with van der Waals surface area (Å²) in [5.41, 5.74) is 1.17. The Morgan fingerprint density at radius 2 is 2.03 bits per heavy atom. The number of rotatable bonds is 6. The Labute approximate surface area is 177 Å². The van der Waals surface area contributed by atoms with Crippen LogP contribution in [0.1, 0.15) is 6.42 Å². The molecule has 0 aliphatic carbocycles. The summed E-state index contributed by atoms with van der Waals surface area (Å²) in [7, 11) is 3.01. The Bertz CT molecular complexity index is 953. The predicted octanol–water partition coefficient (Wildman–Crippen LogP) is 3.25. The molecule has 1 aliphatic heterocycles. The molecule has 3 amide bonds. The zero-order valence-corrected chi connectivity index (χ0v) is 17.5. The molecule has 0 aromatic heterocycles. The molecule has 2 N–H and O–H groups in total. The van der Waals surface area contributed by atoms with Gasteiger partial charge in [0, 0.05) is 23.4 Å². The van der Waals surface area contributed by atoms with Gasteiger partial charge in [-0.3, -0.25) is 14.4 Å². The predicted molar refractivity (Wildman–Crippen MR) is 114 cm³/mol. The number of nitrogens with zero attached hydrogens (tertiary/aromatic N) is 1. The van der Waals surface area contributed by atoms with Crippen molar-refractivity contribution in [3.05, 3.63) is 47.5 Å². The second-order valence-electron chi connectivity index (χ2n) is 6.44. The fourth-order valence-corrected chi connectivity index (χ4v) is 4.09. The number of ether oxygens (including phenoxy) is 1. The summed E-state index contributed by atoms with van der Waals surface area (Å²) in [6.45, 7) is -0.163. The van der Waals surface area contributed by atoms with Crippen molar-refractivity contribution in [1.82, 2.24) is 4.90 Å². The third kappa shape index (κ3) is 5.21. The Balaban J connectivity index is 1.57. The van der Waals surface area contributed by atoms with Gasteiger partial charge in [-0.2, -0.15) is 0 Å². The van der Waals surface area contributed by atoms with E-state index in [0.29, 0.717) is 16.5 Å². The summed E-state index contributed by atoms with van der Waals surface area (Å²) < 4.78 is 5.19. The Morgan fingerprint density at radius 3 is 2.79 bits per heavy atom. The monoisotopic (exact) mass is 433 g/mol. The van der Waals surface area contributed by atoms with Crippen LogP contribution in [0.4, 0.5) is 11.4 Å². The van der Waals surface area contributed by atoms with Gasteiger partial charge in [-0.25, -0.2) is 0 Å². The van der Waals surface area contributed by atoms with E-state index in [-0.39, 0.29) is 24.8 Å². The number of thioether (sulfide) groups is 1. The molecule has 0 saturated heterocycles. The Hall–Kier alpha value is -2.71. The van der Waals surface area contributed by atoms with Gasteiger partial charge >= 0.3 is 0 Å². The number of benzene rings is 2. The average molecular weight is 434 g/mol. The topological polar surface area (TPSA) is 87.7 Å². The number of nitrogens with one attached hydrogen (secondary N) is 2. The fourth-order valence-electron chi connectivity index (χ4n) is 2.81. The lowest BCUT2D eigenvalue weighted by Gasteiger charge is -2.25. The zero-order chi connectivity index (χ0) is 21.0. The van der Waals surface area contributed by atoms with Gasteiger partial charge in [-0.1, -0.05) is 23.7 Å². The van der Waals surface area contributed by atoms with Crippen LogP contribution in [-0.2, 0) is 14.4 Å². The van der Waals surface area contributed by atoms with Crippen molar-refractivity contribution >= 4 is 52.5 Å². The maximum atomic E-state index is 12.5. The summed E-state index contributed by atoms with van der Waals surface area (Å²) in [5, 5.41) is 5.40. The van der Waals surface area contributed by atoms with E-state index < -0.39 is 11.2 Å². The third-order valence-corrected chi connectivity index (χ3v) is 5.82. The van der Waals surface area contributed by atoms with Crippen LogP contribution in [0.3, 0.4) is 0 Å². The highest BCUT2D eigenvalue weighted by atomic mass is 35.5. The van der Waals surface area contributed by atoms with E-state index in [9.17, 15) is 14.4 Å². The molecule has 9 heteroatoms. The summed E-state index contributed by atoms with van der Waals surface area (Å²) in [4.78, 5) is 39.4. The molecule has 0 radical (unpaired) electrons. The van der Waals surface area contributed by atoms with Crippen LogP contribution in [0.25, 0.3) is 0 Å².